The number of anilines is 1. The minimum absolute atomic E-state index is 0.0955. The molecule has 0 atom stereocenters. The predicted molar refractivity (Wildman–Crippen MR) is 112 cm³/mol. The maximum absolute atomic E-state index is 12.8. The van der Waals surface area contributed by atoms with Gasteiger partial charge in [0.2, 0.25) is 0 Å². The number of nitrogens with one attached hydrogen (secondary N) is 2. The van der Waals surface area contributed by atoms with E-state index >= 15 is 0 Å². The van der Waals surface area contributed by atoms with E-state index in [1.807, 2.05) is 6.26 Å². The van der Waals surface area contributed by atoms with Gasteiger partial charge in [-0.25, -0.2) is 9.97 Å². The van der Waals surface area contributed by atoms with Crippen molar-refractivity contribution in [2.45, 2.75) is 30.8 Å². The van der Waals surface area contributed by atoms with Crippen LogP contribution in [0, 0.1) is 0 Å². The highest BCUT2D eigenvalue weighted by Crippen LogP contribution is 2.38. The van der Waals surface area contributed by atoms with Crippen molar-refractivity contribution < 1.29 is 14.3 Å². The number of hydrogen-bond donors (Lipinski definition) is 2. The number of ether oxygens (including phenoxy) is 1. The number of thioether (sulfide) groups is 1. The number of halogens is 1. The average molecular weight is 441 g/mol. The number of carbonyl (C=O) groups excluding carboxylic acids is 2. The molecule has 3 rings (SSSR count). The zero-order valence-electron chi connectivity index (χ0n) is 15.6. The monoisotopic (exact) mass is 440 g/mol. The Morgan fingerprint density at radius 3 is 2.86 bits per heavy atom. The lowest BCUT2D eigenvalue weighted by molar-refractivity contribution is 0.0937. The first-order valence-corrected chi connectivity index (χ1v) is 11.3. The van der Waals surface area contributed by atoms with Crippen molar-refractivity contribution in [3.8, 4) is 0 Å². The van der Waals surface area contributed by atoms with Crippen molar-refractivity contribution >= 4 is 51.5 Å². The number of nitrogens with zero attached hydrogens (tertiary/aromatic N) is 2. The quantitative estimate of drug-likeness (QED) is 0.389. The minimum atomic E-state index is -0.452. The molecule has 0 radical (unpaired) electrons. The molecule has 0 spiro atoms. The lowest BCUT2D eigenvalue weighted by Crippen LogP contribution is -2.28. The highest BCUT2D eigenvalue weighted by Gasteiger charge is 2.27. The molecular weight excluding hydrogens is 420 g/mol. The van der Waals surface area contributed by atoms with Gasteiger partial charge in [0.25, 0.3) is 11.8 Å². The summed E-state index contributed by atoms with van der Waals surface area (Å²) in [5, 5.41) is 6.87. The molecule has 0 bridgehead atoms. The second kappa shape index (κ2) is 9.69. The van der Waals surface area contributed by atoms with E-state index in [1.54, 1.807) is 7.11 Å². The van der Waals surface area contributed by atoms with Gasteiger partial charge in [-0.2, -0.15) is 0 Å². The van der Waals surface area contributed by atoms with Crippen LogP contribution in [0.2, 0.25) is 5.02 Å². The van der Waals surface area contributed by atoms with Gasteiger partial charge in [0.05, 0.1) is 23.4 Å². The van der Waals surface area contributed by atoms with E-state index in [4.69, 9.17) is 16.3 Å². The SMILES string of the molecule is COCCNC(=O)c1c(NC(=O)c2nc(SC)ncc2Cl)sc2c1CCCC2. The molecule has 0 unspecified atom stereocenters. The molecule has 1 aliphatic carbocycles. The molecule has 0 fully saturated rings. The van der Waals surface area contributed by atoms with Crippen LogP contribution in [0.15, 0.2) is 11.4 Å². The molecule has 2 heterocycles. The molecular formula is C18H21ClN4O3S2. The minimum Gasteiger partial charge on any atom is -0.383 e. The Labute approximate surface area is 176 Å². The molecule has 2 amide bonds. The Balaban J connectivity index is 1.90. The van der Waals surface area contributed by atoms with Crippen molar-refractivity contribution in [2.24, 2.45) is 0 Å². The van der Waals surface area contributed by atoms with Gasteiger partial charge in [-0.15, -0.1) is 11.3 Å². The van der Waals surface area contributed by atoms with Gasteiger partial charge in [-0.3, -0.25) is 9.59 Å². The fraction of sp³-hybridized carbons (Fsp3) is 0.444. The van der Waals surface area contributed by atoms with Gasteiger partial charge in [-0.05, 0) is 37.5 Å². The van der Waals surface area contributed by atoms with E-state index < -0.39 is 5.91 Å². The second-order valence-corrected chi connectivity index (χ2v) is 8.46. The molecule has 0 saturated heterocycles. The Bertz CT molecular complexity index is 888. The van der Waals surface area contributed by atoms with E-state index in [0.29, 0.717) is 28.9 Å². The fourth-order valence-electron chi connectivity index (χ4n) is 3.02. The summed E-state index contributed by atoms with van der Waals surface area (Å²) in [7, 11) is 1.58. The molecule has 2 N–H and O–H groups in total. The van der Waals surface area contributed by atoms with Crippen LogP contribution < -0.4 is 10.6 Å². The van der Waals surface area contributed by atoms with E-state index in [1.165, 1.54) is 29.3 Å². The number of hydrogen-bond acceptors (Lipinski definition) is 7. The Kier molecular flexibility index (Phi) is 7.28. The zero-order chi connectivity index (χ0) is 20.1. The maximum Gasteiger partial charge on any atom is 0.276 e. The molecule has 1 aliphatic rings. The molecule has 2 aromatic rings. The predicted octanol–water partition coefficient (Wildman–Crippen LogP) is 3.42. The summed E-state index contributed by atoms with van der Waals surface area (Å²) >= 11 is 8.89. The van der Waals surface area contributed by atoms with Gasteiger partial charge in [-0.1, -0.05) is 23.4 Å². The van der Waals surface area contributed by atoms with Gasteiger partial charge in [0.1, 0.15) is 5.00 Å². The van der Waals surface area contributed by atoms with E-state index in [9.17, 15) is 9.59 Å². The molecule has 2 aromatic heterocycles. The van der Waals surface area contributed by atoms with Gasteiger partial charge in [0.15, 0.2) is 10.9 Å². The normalized spacial score (nSPS) is 13.1. The second-order valence-electron chi connectivity index (χ2n) is 6.17. The average Bonchev–Trinajstić information content (AvgIpc) is 3.06. The zero-order valence-corrected chi connectivity index (χ0v) is 18.0. The third-order valence-corrected chi connectivity index (χ3v) is 6.38. The topological polar surface area (TPSA) is 93.2 Å². The summed E-state index contributed by atoms with van der Waals surface area (Å²) in [5.74, 6) is -0.655. The standard InChI is InChI=1S/C18H21ClN4O3S2/c1-26-8-7-20-15(24)13-10-5-3-4-6-12(10)28-17(13)23-16(25)14-11(19)9-21-18(22-14)27-2/h9H,3-8H2,1-2H3,(H,20,24)(H,23,25). The highest BCUT2D eigenvalue weighted by atomic mass is 35.5. The first kappa shape index (κ1) is 21.0. The van der Waals surface area contributed by atoms with E-state index in [2.05, 4.69) is 20.6 Å². The van der Waals surface area contributed by atoms with Crippen LogP contribution >= 0.6 is 34.7 Å². The van der Waals surface area contributed by atoms with Crippen LogP contribution in [0.1, 0.15) is 44.1 Å². The van der Waals surface area contributed by atoms with Gasteiger partial charge >= 0.3 is 0 Å². The highest BCUT2D eigenvalue weighted by molar-refractivity contribution is 7.98. The molecule has 0 aliphatic heterocycles. The summed E-state index contributed by atoms with van der Waals surface area (Å²) in [6.07, 6.45) is 7.09. The molecule has 150 valence electrons. The van der Waals surface area contributed by atoms with Crippen molar-refractivity contribution in [1.82, 2.24) is 15.3 Å². The maximum atomic E-state index is 12.8. The number of amides is 2. The molecule has 0 saturated carbocycles. The van der Waals surface area contributed by atoms with Crippen molar-refractivity contribution in [3.63, 3.8) is 0 Å². The molecule has 7 nitrogen and oxygen atoms in total. The number of rotatable bonds is 7. The molecule has 0 aromatic carbocycles. The van der Waals surface area contributed by atoms with Gasteiger partial charge < -0.3 is 15.4 Å². The number of aryl methyl sites for hydroxylation is 1. The van der Waals surface area contributed by atoms with Crippen LogP contribution in [-0.4, -0.2) is 48.3 Å². The van der Waals surface area contributed by atoms with Crippen molar-refractivity contribution in [3.05, 3.63) is 32.9 Å². The smallest absolute Gasteiger partial charge is 0.276 e. The lowest BCUT2D eigenvalue weighted by Gasteiger charge is -2.13. The number of methoxy groups -OCH3 is 1. The van der Waals surface area contributed by atoms with Crippen LogP contribution in [0.5, 0.6) is 0 Å². The van der Waals surface area contributed by atoms with E-state index in [0.717, 1.165) is 36.1 Å². The third-order valence-electron chi connectivity index (χ3n) is 4.34. The Hall–Kier alpha value is -1.68. The summed E-state index contributed by atoms with van der Waals surface area (Å²) in [6, 6.07) is 0. The summed E-state index contributed by atoms with van der Waals surface area (Å²) in [6.45, 7) is 0.829. The van der Waals surface area contributed by atoms with Crippen LogP contribution in [0.4, 0.5) is 5.00 Å². The summed E-state index contributed by atoms with van der Waals surface area (Å²) in [5.41, 5.74) is 1.66. The lowest BCUT2D eigenvalue weighted by atomic mass is 9.95. The van der Waals surface area contributed by atoms with Crippen LogP contribution in [0.25, 0.3) is 0 Å². The van der Waals surface area contributed by atoms with Crippen LogP contribution in [0.3, 0.4) is 0 Å². The number of fused-ring (bicyclic) bond motifs is 1. The molecule has 28 heavy (non-hydrogen) atoms. The van der Waals surface area contributed by atoms with Crippen molar-refractivity contribution in [1.29, 1.82) is 0 Å². The summed E-state index contributed by atoms with van der Waals surface area (Å²) in [4.78, 5) is 35.0. The first-order valence-electron chi connectivity index (χ1n) is 8.84. The largest absolute Gasteiger partial charge is 0.383 e. The van der Waals surface area contributed by atoms with E-state index in [-0.39, 0.29) is 16.6 Å². The Morgan fingerprint density at radius 2 is 2.11 bits per heavy atom. The number of thiophene rings is 1. The third kappa shape index (κ3) is 4.65. The molecule has 10 heteroatoms. The Morgan fingerprint density at radius 1 is 1.32 bits per heavy atom. The van der Waals surface area contributed by atoms with Gasteiger partial charge in [0, 0.05) is 18.5 Å². The number of carbonyl (C=O) groups is 2. The summed E-state index contributed by atoms with van der Waals surface area (Å²) < 4.78 is 5.00. The fourth-order valence-corrected chi connectivity index (χ4v) is 4.82. The van der Waals surface area contributed by atoms with Crippen molar-refractivity contribution in [2.75, 3.05) is 31.8 Å². The number of aromatic nitrogens is 2. The first-order chi connectivity index (χ1) is 13.5. The van der Waals surface area contributed by atoms with Crippen LogP contribution in [-0.2, 0) is 17.6 Å².